The number of benzene rings is 2. The average Bonchev–Trinajstić information content (AvgIpc) is 3.24. The number of amides is 1. The predicted molar refractivity (Wildman–Crippen MR) is 164 cm³/mol. The van der Waals surface area contributed by atoms with Crippen LogP contribution in [0, 0.1) is 5.82 Å². The molecule has 0 unspecified atom stereocenters. The van der Waals surface area contributed by atoms with E-state index in [2.05, 4.69) is 19.6 Å². The van der Waals surface area contributed by atoms with Crippen LogP contribution in [0.1, 0.15) is 19.3 Å². The summed E-state index contributed by atoms with van der Waals surface area (Å²) in [5.41, 5.74) is 10.5. The molecular formula is C30H34FN7O2S. The van der Waals surface area contributed by atoms with Crippen molar-refractivity contribution < 1.29 is 13.4 Å². The standard InChI is InChI=1S/C30H34FN7O2S/c1-37(2)15-7-8-25(39)35-22-12-9-20(10-13-22)28-26(27-29(32)33-19-34-30(27)38(28)3)21-11-14-24(23(31)18-21)36-41(40)16-5-4-6-17-41/h7-14,18-19H,4-6,15-17H2,1-3H3,(H,35,39)(H2,32,33,34)/b8-7+. The number of nitrogens with one attached hydrogen (secondary N) is 1. The number of aryl methyl sites for hydroxylation is 1. The molecule has 0 bridgehead atoms. The number of hydrogen-bond donors (Lipinski definition) is 2. The van der Waals surface area contributed by atoms with E-state index in [-0.39, 0.29) is 17.4 Å². The smallest absolute Gasteiger partial charge is 0.248 e. The van der Waals surface area contributed by atoms with E-state index in [4.69, 9.17) is 5.73 Å². The number of halogens is 1. The van der Waals surface area contributed by atoms with Crippen LogP contribution < -0.4 is 11.1 Å². The third kappa shape index (κ3) is 6.15. The number of anilines is 2. The molecule has 1 aliphatic rings. The molecule has 0 aliphatic carbocycles. The highest BCUT2D eigenvalue weighted by Gasteiger charge is 2.23. The third-order valence-corrected chi connectivity index (χ3v) is 9.47. The molecule has 1 saturated heterocycles. The van der Waals surface area contributed by atoms with Crippen molar-refractivity contribution in [3.63, 3.8) is 0 Å². The lowest BCUT2D eigenvalue weighted by Gasteiger charge is -2.15. The van der Waals surface area contributed by atoms with Gasteiger partial charge in [-0.15, -0.1) is 0 Å². The number of hydrogen-bond acceptors (Lipinski definition) is 7. The van der Waals surface area contributed by atoms with Crippen LogP contribution in [0.25, 0.3) is 33.4 Å². The Morgan fingerprint density at radius 2 is 1.83 bits per heavy atom. The molecule has 3 N–H and O–H groups in total. The lowest BCUT2D eigenvalue weighted by Crippen LogP contribution is -2.15. The van der Waals surface area contributed by atoms with Gasteiger partial charge in [0, 0.05) is 42.4 Å². The molecule has 3 heterocycles. The van der Waals surface area contributed by atoms with E-state index < -0.39 is 15.5 Å². The van der Waals surface area contributed by atoms with Gasteiger partial charge in [-0.3, -0.25) is 4.79 Å². The van der Waals surface area contributed by atoms with Gasteiger partial charge >= 0.3 is 0 Å². The van der Waals surface area contributed by atoms with Crippen molar-refractivity contribution >= 4 is 43.9 Å². The lowest BCUT2D eigenvalue weighted by molar-refractivity contribution is -0.111. The number of likely N-dealkylation sites (N-methyl/N-ethyl adjacent to an activating group) is 1. The highest BCUT2D eigenvalue weighted by Crippen LogP contribution is 2.42. The quantitative estimate of drug-likeness (QED) is 0.286. The molecule has 9 nitrogen and oxygen atoms in total. The van der Waals surface area contributed by atoms with Gasteiger partial charge in [0.2, 0.25) is 5.91 Å². The third-order valence-electron chi connectivity index (χ3n) is 7.09. The van der Waals surface area contributed by atoms with E-state index in [1.165, 1.54) is 18.5 Å². The summed E-state index contributed by atoms with van der Waals surface area (Å²) in [6, 6.07) is 12.1. The molecule has 41 heavy (non-hydrogen) atoms. The summed E-state index contributed by atoms with van der Waals surface area (Å²) in [4.78, 5) is 22.9. The van der Waals surface area contributed by atoms with Crippen molar-refractivity contribution in [2.45, 2.75) is 19.3 Å². The van der Waals surface area contributed by atoms with Gasteiger partial charge in [-0.1, -0.05) is 30.7 Å². The molecule has 0 spiro atoms. The van der Waals surface area contributed by atoms with Gasteiger partial charge in [0.05, 0.1) is 20.8 Å². The van der Waals surface area contributed by atoms with Crippen molar-refractivity contribution in [2.75, 3.05) is 43.2 Å². The van der Waals surface area contributed by atoms with E-state index >= 15 is 4.39 Å². The maximum absolute atomic E-state index is 15.5. The topological polar surface area (TPSA) is 118 Å². The first-order valence-corrected chi connectivity index (χ1v) is 15.3. The number of nitrogens with zero attached hydrogens (tertiary/aromatic N) is 5. The van der Waals surface area contributed by atoms with E-state index in [1.807, 2.05) is 54.9 Å². The first kappa shape index (κ1) is 28.4. The van der Waals surface area contributed by atoms with Gasteiger partial charge in [0.15, 0.2) is 0 Å². The molecule has 0 saturated carbocycles. The average molecular weight is 576 g/mol. The van der Waals surface area contributed by atoms with Crippen LogP contribution in [-0.2, 0) is 21.6 Å². The summed E-state index contributed by atoms with van der Waals surface area (Å²) in [6.45, 7) is 0.663. The first-order valence-electron chi connectivity index (χ1n) is 13.5. The number of nitrogens with two attached hydrogens (primary N) is 1. The monoisotopic (exact) mass is 575 g/mol. The van der Waals surface area contributed by atoms with Crippen molar-refractivity contribution in [2.24, 2.45) is 11.4 Å². The Morgan fingerprint density at radius 1 is 1.12 bits per heavy atom. The molecule has 1 amide bonds. The summed E-state index contributed by atoms with van der Waals surface area (Å²) in [5.74, 6) is 0.509. The number of nitrogen functional groups attached to an aromatic ring is 1. The second kappa shape index (κ2) is 11.8. The van der Waals surface area contributed by atoms with Crippen LogP contribution in [0.15, 0.2) is 65.3 Å². The Morgan fingerprint density at radius 3 is 2.51 bits per heavy atom. The van der Waals surface area contributed by atoms with Crippen molar-refractivity contribution in [3.05, 3.63) is 66.8 Å². The maximum atomic E-state index is 15.5. The molecule has 11 heteroatoms. The molecule has 1 fully saturated rings. The van der Waals surface area contributed by atoms with E-state index in [9.17, 15) is 9.00 Å². The Kier molecular flexibility index (Phi) is 8.18. The Hall–Kier alpha value is -4.09. The molecule has 0 atom stereocenters. The second-order valence-corrected chi connectivity index (χ2v) is 13.0. The zero-order valence-corrected chi connectivity index (χ0v) is 24.2. The van der Waals surface area contributed by atoms with E-state index in [0.29, 0.717) is 45.9 Å². The molecule has 2 aromatic heterocycles. The molecule has 0 radical (unpaired) electrons. The summed E-state index contributed by atoms with van der Waals surface area (Å²) in [7, 11) is 3.28. The highest BCUT2D eigenvalue weighted by molar-refractivity contribution is 7.93. The van der Waals surface area contributed by atoms with Crippen LogP contribution in [0.3, 0.4) is 0 Å². The van der Waals surface area contributed by atoms with Crippen LogP contribution in [0.2, 0.25) is 0 Å². The molecule has 5 rings (SSSR count). The minimum Gasteiger partial charge on any atom is -0.383 e. The Labute approximate surface area is 239 Å². The zero-order valence-electron chi connectivity index (χ0n) is 23.4. The van der Waals surface area contributed by atoms with Crippen molar-refractivity contribution in [1.82, 2.24) is 19.4 Å². The molecular weight excluding hydrogens is 541 g/mol. The van der Waals surface area contributed by atoms with Crippen LogP contribution in [0.5, 0.6) is 0 Å². The van der Waals surface area contributed by atoms with Crippen molar-refractivity contribution in [1.29, 1.82) is 0 Å². The van der Waals surface area contributed by atoms with Gasteiger partial charge in [-0.25, -0.2) is 18.6 Å². The van der Waals surface area contributed by atoms with Gasteiger partial charge in [0.25, 0.3) is 0 Å². The highest BCUT2D eigenvalue weighted by atomic mass is 32.2. The van der Waals surface area contributed by atoms with Crippen LogP contribution in [-0.4, -0.2) is 61.7 Å². The Bertz CT molecular complexity index is 1740. The Balaban J connectivity index is 1.55. The number of rotatable bonds is 7. The van der Waals surface area contributed by atoms with Gasteiger partial charge in [-0.2, -0.15) is 4.36 Å². The summed E-state index contributed by atoms with van der Waals surface area (Å²) in [6.07, 6.45) is 7.42. The van der Waals surface area contributed by atoms with Crippen molar-refractivity contribution in [3.8, 4) is 22.4 Å². The fraction of sp³-hybridized carbons (Fsp3) is 0.300. The minimum absolute atomic E-state index is 0.103. The molecule has 4 aromatic rings. The number of carbonyl (C=O) groups is 1. The normalized spacial score (nSPS) is 15.0. The van der Waals surface area contributed by atoms with Gasteiger partial charge in [0.1, 0.15) is 29.3 Å². The largest absolute Gasteiger partial charge is 0.383 e. The fourth-order valence-corrected chi connectivity index (χ4v) is 7.31. The zero-order chi connectivity index (χ0) is 29.1. The number of fused-ring (bicyclic) bond motifs is 1. The number of carbonyl (C=O) groups excluding carboxylic acids is 1. The summed E-state index contributed by atoms with van der Waals surface area (Å²) < 4.78 is 34.9. The molecule has 214 valence electrons. The molecule has 2 aromatic carbocycles. The second-order valence-electron chi connectivity index (χ2n) is 10.5. The van der Waals surface area contributed by atoms with Crippen LogP contribution in [0.4, 0.5) is 21.6 Å². The van der Waals surface area contributed by atoms with Gasteiger partial charge < -0.3 is 20.5 Å². The SMILES string of the molecule is CN(C)C/C=C/C(=O)Nc1ccc(-c2c(-c3ccc(N=S4(=O)CCCCC4)c(F)c3)c3c(N)ncnc3n2C)cc1. The predicted octanol–water partition coefficient (Wildman–Crippen LogP) is 5.36. The lowest BCUT2D eigenvalue weighted by atomic mass is 9.98. The summed E-state index contributed by atoms with van der Waals surface area (Å²) in [5, 5.41) is 3.47. The maximum Gasteiger partial charge on any atom is 0.248 e. The van der Waals surface area contributed by atoms with Gasteiger partial charge in [-0.05, 0) is 62.3 Å². The fourth-order valence-electron chi connectivity index (χ4n) is 5.10. The summed E-state index contributed by atoms with van der Waals surface area (Å²) >= 11 is 0. The van der Waals surface area contributed by atoms with E-state index in [0.717, 1.165) is 30.5 Å². The van der Waals surface area contributed by atoms with E-state index in [1.54, 1.807) is 18.2 Å². The van der Waals surface area contributed by atoms with Crippen LogP contribution >= 0.6 is 0 Å². The first-order chi connectivity index (χ1) is 19.6. The minimum atomic E-state index is -2.45. The number of aromatic nitrogens is 3. The molecule has 1 aliphatic heterocycles.